The summed E-state index contributed by atoms with van der Waals surface area (Å²) in [4.78, 5) is 57.8. The minimum Gasteiger partial charge on any atom is -0.482 e. The van der Waals surface area contributed by atoms with E-state index >= 15 is 0 Å². The molecule has 2 fully saturated rings. The molecule has 10 heteroatoms. The lowest BCUT2D eigenvalue weighted by Crippen LogP contribution is -2.51. The summed E-state index contributed by atoms with van der Waals surface area (Å²) in [5, 5.41) is 2.75. The Labute approximate surface area is 282 Å². The van der Waals surface area contributed by atoms with E-state index < -0.39 is 17.6 Å². The van der Waals surface area contributed by atoms with E-state index in [1.54, 1.807) is 15.9 Å². The van der Waals surface area contributed by atoms with Crippen LogP contribution in [0.15, 0.2) is 72.8 Å². The van der Waals surface area contributed by atoms with Gasteiger partial charge in [0.1, 0.15) is 11.4 Å². The lowest BCUT2D eigenvalue weighted by molar-refractivity contribution is -0.125. The van der Waals surface area contributed by atoms with E-state index in [1.165, 1.54) is 6.92 Å². The van der Waals surface area contributed by atoms with Gasteiger partial charge in [-0.2, -0.15) is 0 Å². The number of amides is 4. The van der Waals surface area contributed by atoms with Crippen molar-refractivity contribution in [3.63, 3.8) is 0 Å². The normalized spacial score (nSPS) is 19.2. The van der Waals surface area contributed by atoms with Crippen LogP contribution in [0.1, 0.15) is 58.4 Å². The van der Waals surface area contributed by atoms with E-state index in [1.807, 2.05) is 62.1 Å². The van der Waals surface area contributed by atoms with E-state index in [2.05, 4.69) is 35.6 Å². The van der Waals surface area contributed by atoms with Crippen LogP contribution >= 0.6 is 0 Å². The molecule has 1 saturated heterocycles. The van der Waals surface area contributed by atoms with Crippen molar-refractivity contribution < 1.29 is 28.7 Å². The van der Waals surface area contributed by atoms with Crippen molar-refractivity contribution in [3.8, 4) is 16.9 Å². The molecule has 0 aromatic heterocycles. The molecule has 1 unspecified atom stereocenters. The largest absolute Gasteiger partial charge is 0.482 e. The van der Waals surface area contributed by atoms with E-state index in [9.17, 15) is 19.2 Å². The molecule has 252 valence electrons. The highest BCUT2D eigenvalue weighted by Crippen LogP contribution is 2.43. The zero-order valence-electron chi connectivity index (χ0n) is 28.1. The topological polar surface area (TPSA) is 108 Å². The molecular weight excluding hydrogens is 608 g/mol. The van der Waals surface area contributed by atoms with Crippen molar-refractivity contribution in [1.29, 1.82) is 0 Å². The molecule has 48 heavy (non-hydrogen) atoms. The average Bonchev–Trinajstić information content (AvgIpc) is 3.90. The Morgan fingerprint density at radius 3 is 2.42 bits per heavy atom. The van der Waals surface area contributed by atoms with Gasteiger partial charge < -0.3 is 29.5 Å². The SMILES string of the molecule is CC(=O)NCCN1C(=O)COc2ccc(N(C(=O)C3CN(C(=O)OC(C)(C)C)CC[C@@H]3c3cccc(-c4ccccc4)c3)C3CC3)cc21. The van der Waals surface area contributed by atoms with Crippen LogP contribution in [0.25, 0.3) is 11.1 Å². The highest BCUT2D eigenvalue weighted by atomic mass is 16.6. The van der Waals surface area contributed by atoms with Crippen molar-refractivity contribution in [2.75, 3.05) is 42.6 Å². The first-order valence-electron chi connectivity index (χ1n) is 16.8. The number of anilines is 2. The number of nitrogens with one attached hydrogen (secondary N) is 1. The number of likely N-dealkylation sites (tertiary alicyclic amines) is 1. The van der Waals surface area contributed by atoms with Crippen LogP contribution in [-0.2, 0) is 19.1 Å². The molecule has 10 nitrogen and oxygen atoms in total. The van der Waals surface area contributed by atoms with Gasteiger partial charge >= 0.3 is 6.09 Å². The molecule has 3 aliphatic rings. The third-order valence-corrected chi connectivity index (χ3v) is 9.03. The maximum absolute atomic E-state index is 14.9. The van der Waals surface area contributed by atoms with Crippen molar-refractivity contribution in [2.45, 2.75) is 64.5 Å². The molecule has 2 atom stereocenters. The number of benzene rings is 3. The van der Waals surface area contributed by atoms with Crippen LogP contribution in [0.4, 0.5) is 16.2 Å². The summed E-state index contributed by atoms with van der Waals surface area (Å²) in [5.74, 6) is -0.553. The minimum absolute atomic E-state index is 0.0109. The number of nitrogens with zero attached hydrogens (tertiary/aromatic N) is 3. The Kier molecular flexibility index (Phi) is 9.44. The van der Waals surface area contributed by atoms with Crippen molar-refractivity contribution >= 4 is 35.2 Å². The van der Waals surface area contributed by atoms with Gasteiger partial charge in [0.2, 0.25) is 11.8 Å². The first-order chi connectivity index (χ1) is 23.0. The fraction of sp³-hybridized carbons (Fsp3) is 0.421. The van der Waals surface area contributed by atoms with E-state index in [0.717, 1.165) is 29.5 Å². The number of carbonyl (C=O) groups excluding carboxylic acids is 4. The van der Waals surface area contributed by atoms with Crippen LogP contribution in [0.5, 0.6) is 5.75 Å². The van der Waals surface area contributed by atoms with Crippen molar-refractivity contribution in [3.05, 3.63) is 78.4 Å². The van der Waals surface area contributed by atoms with Gasteiger partial charge in [0.15, 0.2) is 6.61 Å². The molecule has 4 amide bonds. The standard InChI is InChI=1S/C38H44N4O6/c1-25(43)39-18-20-41-33-22-30(15-16-34(33)47-24-35(41)44)42(29-13-14-29)36(45)32-23-40(37(46)48-38(2,3)4)19-17-31(32)28-12-8-11-27(21-28)26-9-6-5-7-10-26/h5-12,15-16,21-22,29,31-32H,13-14,17-20,23-24H2,1-4H3,(H,39,43)/t31-,32?/m1/s1. The number of piperidine rings is 1. The number of fused-ring (bicyclic) bond motifs is 1. The van der Waals surface area contributed by atoms with Gasteiger partial charge in [-0.3, -0.25) is 14.4 Å². The molecule has 3 aromatic carbocycles. The third-order valence-electron chi connectivity index (χ3n) is 9.03. The summed E-state index contributed by atoms with van der Waals surface area (Å²) in [6.07, 6.45) is 1.91. The number of carbonyl (C=O) groups is 4. The second-order valence-electron chi connectivity index (χ2n) is 13.8. The van der Waals surface area contributed by atoms with Crippen LogP contribution < -0.4 is 19.9 Å². The highest BCUT2D eigenvalue weighted by molar-refractivity contribution is 6.01. The molecule has 0 bridgehead atoms. The van der Waals surface area contributed by atoms with Crippen LogP contribution in [-0.4, -0.2) is 73.1 Å². The first kappa shape index (κ1) is 33.1. The highest BCUT2D eigenvalue weighted by Gasteiger charge is 2.44. The predicted molar refractivity (Wildman–Crippen MR) is 184 cm³/mol. The number of rotatable bonds is 8. The summed E-state index contributed by atoms with van der Waals surface area (Å²) < 4.78 is 11.5. The Hall–Kier alpha value is -4.86. The summed E-state index contributed by atoms with van der Waals surface area (Å²) >= 11 is 0. The maximum atomic E-state index is 14.9. The van der Waals surface area contributed by atoms with Crippen LogP contribution in [0.2, 0.25) is 0 Å². The van der Waals surface area contributed by atoms with Crippen LogP contribution in [0.3, 0.4) is 0 Å². The van der Waals surface area contributed by atoms with Gasteiger partial charge in [-0.25, -0.2) is 4.79 Å². The number of hydrogen-bond donors (Lipinski definition) is 1. The smallest absolute Gasteiger partial charge is 0.410 e. The predicted octanol–water partition coefficient (Wildman–Crippen LogP) is 5.75. The van der Waals surface area contributed by atoms with Gasteiger partial charge in [-0.1, -0.05) is 54.6 Å². The molecule has 0 spiro atoms. The van der Waals surface area contributed by atoms with E-state index in [4.69, 9.17) is 9.47 Å². The molecule has 1 N–H and O–H groups in total. The van der Waals surface area contributed by atoms with Gasteiger partial charge in [-0.05, 0) is 80.8 Å². The van der Waals surface area contributed by atoms with Crippen molar-refractivity contribution in [2.24, 2.45) is 5.92 Å². The molecule has 0 radical (unpaired) electrons. The Bertz CT molecular complexity index is 1680. The number of ether oxygens (including phenoxy) is 2. The molecule has 2 heterocycles. The number of hydrogen-bond acceptors (Lipinski definition) is 6. The van der Waals surface area contributed by atoms with Gasteiger partial charge in [0.05, 0.1) is 11.6 Å². The van der Waals surface area contributed by atoms with E-state index in [-0.39, 0.29) is 49.4 Å². The lowest BCUT2D eigenvalue weighted by Gasteiger charge is -2.41. The van der Waals surface area contributed by atoms with Gasteiger partial charge in [0, 0.05) is 44.8 Å². The zero-order valence-corrected chi connectivity index (χ0v) is 28.1. The molecular formula is C38H44N4O6. The Morgan fingerprint density at radius 1 is 0.958 bits per heavy atom. The third kappa shape index (κ3) is 7.48. The Morgan fingerprint density at radius 2 is 1.71 bits per heavy atom. The molecule has 1 saturated carbocycles. The maximum Gasteiger partial charge on any atom is 0.410 e. The monoisotopic (exact) mass is 652 g/mol. The summed E-state index contributed by atoms with van der Waals surface area (Å²) in [6, 6.07) is 24.1. The molecule has 3 aromatic rings. The Balaban J connectivity index is 1.34. The lowest BCUT2D eigenvalue weighted by atomic mass is 9.79. The first-order valence-corrected chi connectivity index (χ1v) is 16.8. The van der Waals surface area contributed by atoms with Crippen LogP contribution in [0, 0.1) is 5.92 Å². The second-order valence-corrected chi connectivity index (χ2v) is 13.8. The quantitative estimate of drug-likeness (QED) is 0.332. The molecule has 1 aliphatic carbocycles. The summed E-state index contributed by atoms with van der Waals surface area (Å²) in [7, 11) is 0. The van der Waals surface area contributed by atoms with Crippen molar-refractivity contribution in [1.82, 2.24) is 10.2 Å². The zero-order chi connectivity index (χ0) is 34.0. The fourth-order valence-corrected chi connectivity index (χ4v) is 6.63. The van der Waals surface area contributed by atoms with Gasteiger partial charge in [0.25, 0.3) is 5.91 Å². The fourth-order valence-electron chi connectivity index (χ4n) is 6.63. The van der Waals surface area contributed by atoms with E-state index in [0.29, 0.717) is 36.6 Å². The minimum atomic E-state index is -0.661. The summed E-state index contributed by atoms with van der Waals surface area (Å²) in [6.45, 7) is 8.15. The van der Waals surface area contributed by atoms with Gasteiger partial charge in [-0.15, -0.1) is 0 Å². The average molecular weight is 653 g/mol. The molecule has 2 aliphatic heterocycles. The molecule has 6 rings (SSSR count). The second kappa shape index (κ2) is 13.7. The summed E-state index contributed by atoms with van der Waals surface area (Å²) in [5.41, 5.74) is 3.82.